The van der Waals surface area contributed by atoms with Gasteiger partial charge in [-0.1, -0.05) is 6.92 Å². The molecule has 4 aromatic rings. The van der Waals surface area contributed by atoms with E-state index in [4.69, 9.17) is 0 Å². The van der Waals surface area contributed by atoms with Gasteiger partial charge >= 0.3 is 6.18 Å². The lowest BCUT2D eigenvalue weighted by Gasteiger charge is -2.16. The van der Waals surface area contributed by atoms with Crippen molar-refractivity contribution in [3.05, 3.63) is 42.5 Å². The number of alkyl halides is 3. The Morgan fingerprint density at radius 1 is 1.28 bits per heavy atom. The van der Waals surface area contributed by atoms with E-state index in [9.17, 15) is 18.0 Å². The van der Waals surface area contributed by atoms with E-state index in [1.165, 1.54) is 10.7 Å². The topological polar surface area (TPSA) is 100 Å². The summed E-state index contributed by atoms with van der Waals surface area (Å²) in [5.41, 5.74) is 2.63. The summed E-state index contributed by atoms with van der Waals surface area (Å²) in [6, 6.07) is 1.76. The Kier molecular flexibility index (Phi) is 5.49. The summed E-state index contributed by atoms with van der Waals surface area (Å²) < 4.78 is 39.9. The van der Waals surface area contributed by atoms with Crippen molar-refractivity contribution in [2.75, 3.05) is 5.32 Å². The van der Waals surface area contributed by atoms with Crippen molar-refractivity contribution >= 4 is 28.4 Å². The predicted octanol–water partition coefficient (Wildman–Crippen LogP) is 4.16. The normalized spacial score (nSPS) is 13.9. The van der Waals surface area contributed by atoms with Crippen molar-refractivity contribution in [1.82, 2.24) is 29.9 Å². The van der Waals surface area contributed by atoms with Crippen LogP contribution in [0.15, 0.2) is 36.9 Å². The van der Waals surface area contributed by atoms with Gasteiger partial charge in [0.05, 0.1) is 17.3 Å². The lowest BCUT2D eigenvalue weighted by atomic mass is 10.1. The highest BCUT2D eigenvalue weighted by Gasteiger charge is 2.37. The number of nitrogens with zero attached hydrogens (tertiary/aromatic N) is 4. The number of hydrogen-bond donors (Lipinski definition) is 3. The molecule has 8 nitrogen and oxygen atoms in total. The Hall–Kier alpha value is -3.63. The number of nitrogens with one attached hydrogen (secondary N) is 3. The highest BCUT2D eigenvalue weighted by molar-refractivity contribution is 6.02. The van der Waals surface area contributed by atoms with Gasteiger partial charge in [-0.2, -0.15) is 23.3 Å². The van der Waals surface area contributed by atoms with Gasteiger partial charge in [-0.05, 0) is 38.0 Å². The second-order valence-corrected chi connectivity index (χ2v) is 7.65. The molecule has 0 spiro atoms. The van der Waals surface area contributed by atoms with Crippen molar-refractivity contribution in [2.45, 2.75) is 45.5 Å². The molecular weight excluding hydrogens is 423 g/mol. The number of H-pyrrole nitrogens is 1. The van der Waals surface area contributed by atoms with Crippen LogP contribution in [0.1, 0.15) is 37.6 Å². The number of aromatic amines is 1. The summed E-state index contributed by atoms with van der Waals surface area (Å²) in [6.45, 7) is 5.00. The zero-order valence-electron chi connectivity index (χ0n) is 17.7. The molecule has 32 heavy (non-hydrogen) atoms. The molecule has 0 aliphatic carbocycles. The molecule has 3 N–H and O–H groups in total. The van der Waals surface area contributed by atoms with Gasteiger partial charge in [0.1, 0.15) is 11.7 Å². The zero-order valence-corrected chi connectivity index (χ0v) is 17.7. The molecule has 0 unspecified atom stereocenters. The van der Waals surface area contributed by atoms with E-state index in [2.05, 4.69) is 32.3 Å². The molecule has 11 heteroatoms. The summed E-state index contributed by atoms with van der Waals surface area (Å²) in [4.78, 5) is 24.4. The summed E-state index contributed by atoms with van der Waals surface area (Å²) in [7, 11) is 0. The standard InChI is InChI=1S/C21H22F3N7O/c1-4-11(2)28-20-26-9-15-14(8-25-18(15)30-20)13-5-6-31-17(7-13)16(10-27-31)19(32)29-12(3)21(22,23)24/h5-12H,4H2,1-3H3,(H,29,32)(H2,25,26,28,30)/t11-,12+/m0/s1. The number of rotatable bonds is 6. The van der Waals surface area contributed by atoms with Crippen LogP contribution in [-0.4, -0.2) is 48.7 Å². The van der Waals surface area contributed by atoms with Crippen LogP contribution in [0.3, 0.4) is 0 Å². The van der Waals surface area contributed by atoms with E-state index in [1.54, 1.807) is 30.7 Å². The SMILES string of the molecule is CC[C@H](C)Nc1ncc2c(-c3ccn4ncc(C(=O)N[C@H](C)C(F)(F)F)c4c3)c[nH]c2n1. The lowest BCUT2D eigenvalue weighted by Crippen LogP contribution is -2.43. The van der Waals surface area contributed by atoms with Crippen molar-refractivity contribution in [3.8, 4) is 11.1 Å². The van der Waals surface area contributed by atoms with E-state index in [-0.39, 0.29) is 11.6 Å². The van der Waals surface area contributed by atoms with Gasteiger partial charge in [0.15, 0.2) is 0 Å². The van der Waals surface area contributed by atoms with Gasteiger partial charge in [-0.25, -0.2) is 9.50 Å². The molecule has 0 bridgehead atoms. The van der Waals surface area contributed by atoms with Gasteiger partial charge in [0.25, 0.3) is 5.91 Å². The molecule has 0 aromatic carbocycles. The van der Waals surface area contributed by atoms with Gasteiger partial charge < -0.3 is 15.6 Å². The van der Waals surface area contributed by atoms with E-state index in [0.29, 0.717) is 17.1 Å². The maximum absolute atomic E-state index is 12.8. The van der Waals surface area contributed by atoms with Crippen molar-refractivity contribution in [3.63, 3.8) is 0 Å². The molecule has 168 valence electrons. The third-order valence-electron chi connectivity index (χ3n) is 5.34. The van der Waals surface area contributed by atoms with Crippen molar-refractivity contribution in [1.29, 1.82) is 0 Å². The second-order valence-electron chi connectivity index (χ2n) is 7.65. The Morgan fingerprint density at radius 2 is 2.06 bits per heavy atom. The van der Waals surface area contributed by atoms with Crippen LogP contribution >= 0.6 is 0 Å². The first kappa shape index (κ1) is 21.6. The predicted molar refractivity (Wildman–Crippen MR) is 114 cm³/mol. The molecular formula is C21H22F3N7O. The van der Waals surface area contributed by atoms with Crippen molar-refractivity contribution < 1.29 is 18.0 Å². The number of anilines is 1. The molecule has 0 aliphatic heterocycles. The molecule has 4 rings (SSSR count). The van der Waals surface area contributed by atoms with Crippen molar-refractivity contribution in [2.24, 2.45) is 0 Å². The first-order valence-electron chi connectivity index (χ1n) is 10.1. The van der Waals surface area contributed by atoms with E-state index in [0.717, 1.165) is 29.9 Å². The number of halogens is 3. The molecule has 1 amide bonds. The second kappa shape index (κ2) is 8.13. The van der Waals surface area contributed by atoms with Gasteiger partial charge in [0, 0.05) is 35.6 Å². The minimum Gasteiger partial charge on any atom is -0.352 e. The number of aromatic nitrogens is 5. The average molecular weight is 445 g/mol. The minimum absolute atomic E-state index is 0.0547. The minimum atomic E-state index is -4.53. The van der Waals surface area contributed by atoms with Crippen LogP contribution in [0.5, 0.6) is 0 Å². The smallest absolute Gasteiger partial charge is 0.352 e. The van der Waals surface area contributed by atoms with Gasteiger partial charge in [0.2, 0.25) is 5.95 Å². The third-order valence-corrected chi connectivity index (χ3v) is 5.34. The Labute approximate surface area is 181 Å². The molecule has 0 radical (unpaired) electrons. The number of carbonyl (C=O) groups is 1. The molecule has 0 aliphatic rings. The van der Waals surface area contributed by atoms with Crippen LogP contribution in [0.4, 0.5) is 19.1 Å². The fourth-order valence-electron chi connectivity index (χ4n) is 3.22. The lowest BCUT2D eigenvalue weighted by molar-refractivity contribution is -0.149. The first-order valence-corrected chi connectivity index (χ1v) is 10.1. The van der Waals surface area contributed by atoms with E-state index in [1.807, 2.05) is 12.2 Å². The third kappa shape index (κ3) is 4.10. The number of hydrogen-bond acceptors (Lipinski definition) is 5. The van der Waals surface area contributed by atoms with Crippen LogP contribution < -0.4 is 10.6 Å². The highest BCUT2D eigenvalue weighted by atomic mass is 19.4. The maximum atomic E-state index is 12.8. The summed E-state index contributed by atoms with van der Waals surface area (Å²) in [5.74, 6) is -0.325. The number of amides is 1. The number of carbonyl (C=O) groups excluding carboxylic acids is 1. The fourth-order valence-corrected chi connectivity index (χ4v) is 3.22. The highest BCUT2D eigenvalue weighted by Crippen LogP contribution is 2.29. The zero-order chi connectivity index (χ0) is 23.0. The molecule has 0 saturated heterocycles. The van der Waals surface area contributed by atoms with E-state index < -0.39 is 18.1 Å². The van der Waals surface area contributed by atoms with Crippen LogP contribution in [0.25, 0.3) is 27.7 Å². The van der Waals surface area contributed by atoms with Crippen LogP contribution in [-0.2, 0) is 0 Å². The Bertz CT molecular complexity index is 1280. The summed E-state index contributed by atoms with van der Waals surface area (Å²) in [5, 5.41) is 10.0. The van der Waals surface area contributed by atoms with Crippen LogP contribution in [0.2, 0.25) is 0 Å². The summed E-state index contributed by atoms with van der Waals surface area (Å²) >= 11 is 0. The molecule has 4 heterocycles. The number of fused-ring (bicyclic) bond motifs is 2. The quantitative estimate of drug-likeness (QED) is 0.414. The monoisotopic (exact) mass is 445 g/mol. The first-order chi connectivity index (χ1) is 15.2. The van der Waals surface area contributed by atoms with Gasteiger partial charge in [-0.15, -0.1) is 0 Å². The fraction of sp³-hybridized carbons (Fsp3) is 0.333. The largest absolute Gasteiger partial charge is 0.408 e. The van der Waals surface area contributed by atoms with Gasteiger partial charge in [-0.3, -0.25) is 4.79 Å². The molecule has 0 saturated carbocycles. The maximum Gasteiger partial charge on any atom is 0.408 e. The molecule has 2 atom stereocenters. The number of pyridine rings is 1. The average Bonchev–Trinajstić information content (AvgIpc) is 3.36. The summed E-state index contributed by atoms with van der Waals surface area (Å²) in [6.07, 6.45) is 2.78. The molecule has 0 fully saturated rings. The Morgan fingerprint density at radius 3 is 2.78 bits per heavy atom. The Balaban J connectivity index is 1.67. The van der Waals surface area contributed by atoms with E-state index >= 15 is 0 Å². The molecule has 4 aromatic heterocycles. The van der Waals surface area contributed by atoms with Crippen LogP contribution in [0, 0.1) is 0 Å².